The minimum absolute atomic E-state index is 0.0191. The number of hydrogen-bond acceptors (Lipinski definition) is 8. The van der Waals surface area contributed by atoms with Crippen LogP contribution in [0.3, 0.4) is 0 Å². The minimum atomic E-state index is -3.72. The first-order valence-electron chi connectivity index (χ1n) is 13.5. The van der Waals surface area contributed by atoms with Gasteiger partial charge in [0.05, 0.1) is 11.3 Å². The van der Waals surface area contributed by atoms with Gasteiger partial charge in [0.15, 0.2) is 9.84 Å². The molecule has 0 saturated heterocycles. The second-order valence-corrected chi connectivity index (χ2v) is 13.6. The topological polar surface area (TPSA) is 155 Å². The molecule has 0 fully saturated rings. The Morgan fingerprint density at radius 1 is 1.15 bits per heavy atom. The zero-order valence-electron chi connectivity index (χ0n) is 24.1. The van der Waals surface area contributed by atoms with Crippen LogP contribution in [0.4, 0.5) is 5.69 Å². The van der Waals surface area contributed by atoms with E-state index in [9.17, 15) is 23.1 Å². The molecule has 1 aliphatic carbocycles. The average Bonchev–Trinajstić information content (AvgIpc) is 3.40. The fraction of sp³-hybridized carbons (Fsp3) is 0.400. The number of H-pyrrole nitrogens is 1. The number of nitrogens with two attached hydrogens (primary N) is 1. The van der Waals surface area contributed by atoms with E-state index >= 15 is 0 Å². The molecule has 1 aromatic heterocycles. The molecule has 2 atom stereocenters. The number of nitrogens with zero attached hydrogens (tertiary/aromatic N) is 1. The number of anilines is 1. The molecule has 5 rings (SSSR count). The molecule has 1 aliphatic heterocycles. The highest BCUT2D eigenvalue weighted by molar-refractivity contribution is 7.91. The summed E-state index contributed by atoms with van der Waals surface area (Å²) in [6, 6.07) is 9.96. The minimum Gasteiger partial charge on any atom is -0.454 e. The maximum absolute atomic E-state index is 14.2. The molecule has 11 heteroatoms. The number of aromatic nitrogens is 1. The Hall–Kier alpha value is -3.67. The van der Waals surface area contributed by atoms with Gasteiger partial charge in [-0.1, -0.05) is 38.1 Å². The number of nitrogen functional groups attached to an aromatic ring is 1. The molecule has 0 radical (unpaired) electrons. The Labute approximate surface area is 239 Å². The SMILES string of the molecule is Cc1c(C(=O)NC23C(=O)c4c(N)cccc4C2(O)Oc2cc(C(C)C)ccc23)[nH]c(S(=O)(=O)CCCN(C)C)c1C. The molecule has 0 spiro atoms. The van der Waals surface area contributed by atoms with Crippen molar-refractivity contribution < 1.29 is 27.9 Å². The van der Waals surface area contributed by atoms with E-state index in [4.69, 9.17) is 10.5 Å². The lowest BCUT2D eigenvalue weighted by Gasteiger charge is -2.34. The number of carbonyl (C=O) groups is 2. The van der Waals surface area contributed by atoms with Gasteiger partial charge < -0.3 is 30.8 Å². The summed E-state index contributed by atoms with van der Waals surface area (Å²) >= 11 is 0. The first-order chi connectivity index (χ1) is 19.2. The van der Waals surface area contributed by atoms with Crippen molar-refractivity contribution >= 4 is 27.2 Å². The number of sulfone groups is 1. The number of ether oxygens (including phenoxy) is 1. The normalized spacial score (nSPS) is 21.1. The summed E-state index contributed by atoms with van der Waals surface area (Å²) in [6.45, 7) is 7.88. The van der Waals surface area contributed by atoms with E-state index in [0.29, 0.717) is 24.1 Å². The molecule has 2 heterocycles. The Bertz CT molecular complexity index is 1690. The maximum Gasteiger partial charge on any atom is 0.271 e. The first kappa shape index (κ1) is 28.8. The lowest BCUT2D eigenvalue weighted by Crippen LogP contribution is -2.60. The summed E-state index contributed by atoms with van der Waals surface area (Å²) < 4.78 is 32.5. The van der Waals surface area contributed by atoms with E-state index < -0.39 is 32.9 Å². The molecular weight excluding hydrogens is 544 g/mol. The monoisotopic (exact) mass is 580 g/mol. The Kier molecular flexibility index (Phi) is 6.83. The number of amides is 1. The van der Waals surface area contributed by atoms with Crippen LogP contribution in [-0.2, 0) is 21.2 Å². The largest absolute Gasteiger partial charge is 0.454 e. The fourth-order valence-electron chi connectivity index (χ4n) is 5.85. The molecule has 10 nitrogen and oxygen atoms in total. The van der Waals surface area contributed by atoms with Crippen LogP contribution in [0.25, 0.3) is 0 Å². The predicted molar refractivity (Wildman–Crippen MR) is 155 cm³/mol. The average molecular weight is 581 g/mol. The zero-order valence-corrected chi connectivity index (χ0v) is 24.9. The lowest BCUT2D eigenvalue weighted by atomic mass is 9.82. The molecule has 1 amide bonds. The van der Waals surface area contributed by atoms with Crippen molar-refractivity contribution in [1.29, 1.82) is 0 Å². The Balaban J connectivity index is 1.61. The number of ketones is 1. The van der Waals surface area contributed by atoms with Crippen molar-refractivity contribution in [3.63, 3.8) is 0 Å². The number of hydrogen-bond donors (Lipinski definition) is 4. The van der Waals surface area contributed by atoms with Crippen molar-refractivity contribution in [3.8, 4) is 5.75 Å². The van der Waals surface area contributed by atoms with Gasteiger partial charge in [-0.3, -0.25) is 9.59 Å². The summed E-state index contributed by atoms with van der Waals surface area (Å²) in [5, 5.41) is 14.9. The second kappa shape index (κ2) is 9.71. The van der Waals surface area contributed by atoms with Gasteiger partial charge in [-0.2, -0.15) is 0 Å². The van der Waals surface area contributed by atoms with Crippen LogP contribution in [0, 0.1) is 13.8 Å². The van der Waals surface area contributed by atoms with Crippen molar-refractivity contribution in [1.82, 2.24) is 15.2 Å². The summed E-state index contributed by atoms with van der Waals surface area (Å²) in [5.74, 6) is -3.34. The highest BCUT2D eigenvalue weighted by Crippen LogP contribution is 2.59. The third-order valence-corrected chi connectivity index (χ3v) is 10.1. The second-order valence-electron chi connectivity index (χ2n) is 11.5. The van der Waals surface area contributed by atoms with E-state index in [0.717, 1.165) is 5.56 Å². The highest BCUT2D eigenvalue weighted by atomic mass is 32.2. The van der Waals surface area contributed by atoms with Crippen molar-refractivity contribution in [2.45, 2.75) is 56.4 Å². The molecule has 0 saturated carbocycles. The van der Waals surface area contributed by atoms with Gasteiger partial charge >= 0.3 is 0 Å². The molecule has 2 unspecified atom stereocenters. The van der Waals surface area contributed by atoms with Crippen LogP contribution < -0.4 is 15.8 Å². The lowest BCUT2D eigenvalue weighted by molar-refractivity contribution is -0.169. The molecule has 2 aromatic carbocycles. The number of carbonyl (C=O) groups excluding carboxylic acids is 2. The van der Waals surface area contributed by atoms with Gasteiger partial charge in [0.1, 0.15) is 16.5 Å². The fourth-order valence-corrected chi connectivity index (χ4v) is 7.44. The molecular formula is C30H36N4O6S. The number of nitrogens with one attached hydrogen (secondary N) is 2. The van der Waals surface area contributed by atoms with Gasteiger partial charge in [-0.15, -0.1) is 0 Å². The number of Topliss-reactive ketones (excluding diaryl/α,β-unsaturated/α-hetero) is 1. The van der Waals surface area contributed by atoms with Crippen LogP contribution in [0.15, 0.2) is 41.4 Å². The smallest absolute Gasteiger partial charge is 0.271 e. The zero-order chi connectivity index (χ0) is 30.1. The standard InChI is InChI=1S/C30H36N4O6S/c1-16(2)19-11-12-20-23(15-19)40-30(37)21-9-7-10-22(31)24(21)26(35)29(20,30)33-27(36)25-17(3)18(4)28(32-25)41(38,39)14-8-13-34(5)6/h7,9-12,15-16,32,37H,8,13-14,31H2,1-6H3,(H,33,36). The van der Waals surface area contributed by atoms with Crippen LogP contribution in [-0.4, -0.2) is 61.5 Å². The third kappa shape index (κ3) is 4.17. The van der Waals surface area contributed by atoms with Crippen molar-refractivity contribution in [2.75, 3.05) is 32.1 Å². The molecule has 0 bridgehead atoms. The van der Waals surface area contributed by atoms with Gasteiger partial charge in [-0.25, -0.2) is 8.42 Å². The number of rotatable bonds is 8. The number of fused-ring (bicyclic) bond motifs is 5. The molecule has 5 N–H and O–H groups in total. The highest BCUT2D eigenvalue weighted by Gasteiger charge is 2.72. The van der Waals surface area contributed by atoms with Gasteiger partial charge in [0.2, 0.25) is 11.3 Å². The van der Waals surface area contributed by atoms with Crippen molar-refractivity contribution in [2.24, 2.45) is 0 Å². The van der Waals surface area contributed by atoms with Gasteiger partial charge in [0, 0.05) is 16.8 Å². The van der Waals surface area contributed by atoms with Gasteiger partial charge in [-0.05, 0) is 75.6 Å². The summed E-state index contributed by atoms with van der Waals surface area (Å²) in [5.41, 5.74) is 6.53. The van der Waals surface area contributed by atoms with Crippen LogP contribution in [0.5, 0.6) is 5.75 Å². The summed E-state index contributed by atoms with van der Waals surface area (Å²) in [7, 11) is 0.00925. The van der Waals surface area contributed by atoms with E-state index in [-0.39, 0.29) is 50.5 Å². The number of benzene rings is 2. The first-order valence-corrected chi connectivity index (χ1v) is 15.2. The van der Waals surface area contributed by atoms with Crippen LogP contribution in [0.2, 0.25) is 0 Å². The molecule has 2 aliphatic rings. The van der Waals surface area contributed by atoms with E-state index in [2.05, 4.69) is 10.3 Å². The molecule has 41 heavy (non-hydrogen) atoms. The van der Waals surface area contributed by atoms with E-state index in [1.165, 1.54) is 0 Å². The van der Waals surface area contributed by atoms with Crippen LogP contribution >= 0.6 is 0 Å². The van der Waals surface area contributed by atoms with Crippen molar-refractivity contribution in [3.05, 3.63) is 75.5 Å². The molecule has 218 valence electrons. The Morgan fingerprint density at radius 3 is 2.51 bits per heavy atom. The predicted octanol–water partition coefficient (Wildman–Crippen LogP) is 3.12. The van der Waals surface area contributed by atoms with E-state index in [1.54, 1.807) is 44.2 Å². The van der Waals surface area contributed by atoms with E-state index in [1.807, 2.05) is 38.9 Å². The number of aliphatic hydroxyl groups is 1. The summed E-state index contributed by atoms with van der Waals surface area (Å²) in [6.07, 6.45) is 0.422. The number of aromatic amines is 1. The third-order valence-electron chi connectivity index (χ3n) is 8.25. The Morgan fingerprint density at radius 2 is 1.85 bits per heavy atom. The van der Waals surface area contributed by atoms with Gasteiger partial charge in [0.25, 0.3) is 11.7 Å². The quantitative estimate of drug-likeness (QED) is 0.296. The van der Waals surface area contributed by atoms with Crippen LogP contribution in [0.1, 0.15) is 74.8 Å². The maximum atomic E-state index is 14.2. The molecule has 3 aromatic rings. The summed E-state index contributed by atoms with van der Waals surface area (Å²) in [4.78, 5) is 32.9.